The Morgan fingerprint density at radius 2 is 0.619 bits per heavy atom. The van der Waals surface area contributed by atoms with Gasteiger partial charge in [0.1, 0.15) is 65.0 Å². The number of rotatable bonds is 15. The van der Waals surface area contributed by atoms with Gasteiger partial charge in [0.25, 0.3) is 0 Å². The van der Waals surface area contributed by atoms with E-state index in [0.29, 0.717) is 95.5 Å². The van der Waals surface area contributed by atoms with Gasteiger partial charge in [0.05, 0.1) is 44.9 Å². The number of hydrogen-bond acceptors (Lipinski definition) is 22. The highest BCUT2D eigenvalue weighted by molar-refractivity contribution is 7.96. The van der Waals surface area contributed by atoms with E-state index in [-0.39, 0.29) is 57.5 Å². The van der Waals surface area contributed by atoms with E-state index in [1.54, 1.807) is 54.6 Å². The summed E-state index contributed by atoms with van der Waals surface area (Å²) in [6, 6.07) is 47.8. The van der Waals surface area contributed by atoms with Gasteiger partial charge in [0, 0.05) is 97.4 Å². The number of allylic oxidation sites excluding steroid dienone is 16. The summed E-state index contributed by atoms with van der Waals surface area (Å²) in [5.41, 5.74) is 7.29. The van der Waals surface area contributed by atoms with Gasteiger partial charge < -0.3 is 24.3 Å². The number of hydrogen-bond donors (Lipinski definition) is 0. The predicted molar refractivity (Wildman–Crippen MR) is 431 cm³/mol. The van der Waals surface area contributed by atoms with Gasteiger partial charge in [-0.1, -0.05) is 123 Å². The molecule has 0 atom stereocenters. The molecule has 4 aromatic carbocycles. The fourth-order valence-corrected chi connectivity index (χ4v) is 20.6. The molecule has 0 N–H and O–H groups in total. The topological polar surface area (TPSA) is 358 Å². The third-order valence-electron chi connectivity index (χ3n) is 21.6. The van der Waals surface area contributed by atoms with Gasteiger partial charge in [-0.05, 0) is 184 Å². The smallest absolute Gasteiger partial charge is 0.307 e. The van der Waals surface area contributed by atoms with Crippen LogP contribution < -0.4 is 4.74 Å². The van der Waals surface area contributed by atoms with Crippen LogP contribution in [0.1, 0.15) is 165 Å². The molecule has 4 aliphatic heterocycles. The van der Waals surface area contributed by atoms with Crippen molar-refractivity contribution >= 4 is 39.6 Å². The van der Waals surface area contributed by atoms with Gasteiger partial charge >= 0.3 is 10.1 Å². The number of sulfone groups is 3. The van der Waals surface area contributed by atoms with Gasteiger partial charge in [-0.3, -0.25) is 4.18 Å². The third-order valence-corrected chi connectivity index (χ3v) is 28.1. The molecule has 0 bridgehead atoms. The van der Waals surface area contributed by atoms with Crippen molar-refractivity contribution in [3.8, 4) is 71.2 Å². The van der Waals surface area contributed by atoms with Gasteiger partial charge in [0.2, 0.25) is 19.7 Å². The minimum atomic E-state index is -4.14. The zero-order valence-electron chi connectivity index (χ0n) is 66.2. The molecule has 4 fully saturated rings. The van der Waals surface area contributed by atoms with Crippen LogP contribution in [0, 0.1) is 112 Å². The van der Waals surface area contributed by atoms with E-state index in [4.69, 9.17) is 4.74 Å². The Morgan fingerprint density at radius 1 is 0.354 bits per heavy atom. The number of likely N-dealkylation sites (tertiary alicyclic amines) is 4. The summed E-state index contributed by atoms with van der Waals surface area (Å²) in [4.78, 5) is 7.45. The zero-order chi connectivity index (χ0) is 82.5. The minimum Gasteiger partial charge on any atom is -0.457 e. The molecule has 0 aromatic heterocycles. The first-order valence-corrected chi connectivity index (χ1v) is 44.1. The third kappa shape index (κ3) is 20.1. The second-order valence-corrected chi connectivity index (χ2v) is 40.2. The van der Waals surface area contributed by atoms with E-state index in [1.165, 1.54) is 19.1 Å². The Labute approximate surface area is 668 Å². The molecule has 113 heavy (non-hydrogen) atoms. The molecule has 0 saturated carbocycles. The lowest BCUT2D eigenvalue weighted by atomic mass is 9.73. The zero-order valence-corrected chi connectivity index (χ0v) is 69.4. The Morgan fingerprint density at radius 3 is 0.903 bits per heavy atom. The first kappa shape index (κ1) is 86.5. The molecule has 0 unspecified atom stereocenters. The van der Waals surface area contributed by atoms with E-state index in [2.05, 4.69) is 89.6 Å². The standard InChI is InChI=1S/C27H27N3O3S.C27H27N3O2S.C17H23N3O2S.C16H21N3O3S/c1-27(2)16-23(24(18-28)25(17-27)30-14-6-7-15-30)26(19-29)34(31,32)22-12-10-21(11-13-22)33-20-8-4-3-5-9-20;1-27(2)16-23(24(18-28)25(17-27)30-14-6-7-15-30)26(19-29)33(31,32)22-12-10-21(11-13-22)20-8-4-3-5-9-20;1-4-23(21,22)16(12-19)13-9-17(2,3)10-15(14(13)11-18)20-7-5-6-8-20;1-16(2)8-12(15(11-18)23(20,21)22-3)13(10-17)14(9-16)19-6-4-5-7-19/h3-5,8-13H,6-7,14-17H2,1-2H3;3-5,8-13H,6-7,14-17H2,1-2H3;4-10H2,1-3H3;4-9H2,1-3H3/b26-23-;26-23+;16-13+;15-12-. The molecule has 4 aliphatic carbocycles. The maximum atomic E-state index is 13.6. The van der Waals surface area contributed by atoms with Crippen LogP contribution in [0.3, 0.4) is 0 Å². The van der Waals surface area contributed by atoms with Gasteiger partial charge in [-0.15, -0.1) is 0 Å². The van der Waals surface area contributed by atoms with Crippen LogP contribution in [0.5, 0.6) is 11.5 Å². The minimum absolute atomic E-state index is 0.000327. The van der Waals surface area contributed by atoms with Crippen molar-refractivity contribution in [2.24, 2.45) is 21.7 Å². The highest BCUT2D eigenvalue weighted by Gasteiger charge is 2.43. The number of ether oxygens (including phenoxy) is 1. The van der Waals surface area contributed by atoms with E-state index < -0.39 is 44.5 Å². The Hall–Kier alpha value is -10.5. The number of nitrogens with zero attached hydrogens (tertiary/aromatic N) is 12. The average Bonchev–Trinajstić information content (AvgIpc) is 1.64. The summed E-state index contributed by atoms with van der Waals surface area (Å²) < 4.78 is 113. The van der Waals surface area contributed by atoms with Crippen molar-refractivity contribution in [1.29, 1.82) is 42.1 Å². The summed E-state index contributed by atoms with van der Waals surface area (Å²) in [5, 5.41) is 78.2. The molecule has 4 aromatic rings. The lowest BCUT2D eigenvalue weighted by molar-refractivity contribution is 0.286. The summed E-state index contributed by atoms with van der Waals surface area (Å²) in [6.07, 6.45) is 12.8. The summed E-state index contributed by atoms with van der Waals surface area (Å²) in [7, 11) is -14.9. The second-order valence-electron chi connectivity index (χ2n) is 32.6. The largest absolute Gasteiger partial charge is 0.457 e. The molecule has 22 nitrogen and oxygen atoms in total. The number of nitriles is 8. The fraction of sp³-hybridized carbons (Fsp3) is 0.448. The lowest BCUT2D eigenvalue weighted by Crippen LogP contribution is -2.30. The van der Waals surface area contributed by atoms with Gasteiger partial charge in [-0.2, -0.15) is 50.5 Å². The molecular formula is C87H98N12O10S4. The summed E-state index contributed by atoms with van der Waals surface area (Å²) in [5.74, 6) is 1.00. The van der Waals surface area contributed by atoms with Crippen LogP contribution in [0.4, 0.5) is 0 Å². The molecule has 12 rings (SSSR count). The van der Waals surface area contributed by atoms with Crippen molar-refractivity contribution in [2.75, 3.05) is 65.2 Å². The van der Waals surface area contributed by atoms with Crippen molar-refractivity contribution in [1.82, 2.24) is 19.6 Å². The van der Waals surface area contributed by atoms with Crippen molar-refractivity contribution in [2.45, 2.75) is 175 Å². The molecule has 26 heteroatoms. The van der Waals surface area contributed by atoms with Gasteiger partial charge in [0.15, 0.2) is 24.6 Å². The van der Waals surface area contributed by atoms with Crippen molar-refractivity contribution in [3.05, 3.63) is 196 Å². The van der Waals surface area contributed by atoms with Crippen LogP contribution in [-0.2, 0) is 43.8 Å². The average molecular weight is 1600 g/mol. The number of benzene rings is 4. The van der Waals surface area contributed by atoms with Gasteiger partial charge in [-0.25, -0.2) is 25.3 Å². The first-order chi connectivity index (χ1) is 53.5. The maximum absolute atomic E-state index is 13.6. The SMILES string of the molecule is CC1(C)CC(N2CCCC2)=C(C#N)/C(=C(/C#N)S(=O)(=O)c2ccc(Oc3ccccc3)cc2)C1.CC1(C)CC(N2CCCC2)=C(C#N)/C(=C(\C#N)S(=O)(=O)c2ccc(-c3ccccc3)cc2)C1.CCS(=O)(=O)/C(C#N)=C1\CC(C)(C)CC(N2CCCC2)=C1C#N.COS(=O)(=O)/C(C#N)=C1/CC(C)(C)CC(N2CCCC2)=C1C#N. The van der Waals surface area contributed by atoms with E-state index in [1.807, 2.05) is 80.6 Å². The molecule has 4 saturated heterocycles. The normalized spacial score (nSPS) is 21.1. The Balaban J connectivity index is 0.000000176. The molecule has 4 heterocycles. The second kappa shape index (κ2) is 36.1. The maximum Gasteiger partial charge on any atom is 0.307 e. The van der Waals surface area contributed by atoms with Crippen LogP contribution >= 0.6 is 0 Å². The monoisotopic (exact) mass is 1600 g/mol. The molecule has 0 amide bonds. The Kier molecular flexibility index (Phi) is 27.6. The Bertz CT molecular complexity index is 5310. The predicted octanol–water partition coefficient (Wildman–Crippen LogP) is 16.6. The molecule has 0 spiro atoms. The van der Waals surface area contributed by atoms with E-state index in [9.17, 15) is 75.8 Å². The van der Waals surface area contributed by atoms with Crippen LogP contribution in [-0.4, -0.2) is 118 Å². The summed E-state index contributed by atoms with van der Waals surface area (Å²) >= 11 is 0. The molecule has 8 aliphatic rings. The van der Waals surface area contributed by atoms with Crippen LogP contribution in [0.15, 0.2) is 206 Å². The highest BCUT2D eigenvalue weighted by atomic mass is 32.2. The van der Waals surface area contributed by atoms with Crippen LogP contribution in [0.25, 0.3) is 11.1 Å². The molecule has 0 radical (unpaired) electrons. The highest BCUT2D eigenvalue weighted by Crippen LogP contribution is 2.50. The fourth-order valence-electron chi connectivity index (χ4n) is 16.1. The molecular weight excluding hydrogens is 1500 g/mol. The summed E-state index contributed by atoms with van der Waals surface area (Å²) in [6.45, 7) is 24.8. The number of para-hydroxylation sites is 1. The molecule has 590 valence electrons. The van der Waals surface area contributed by atoms with Crippen molar-refractivity contribution < 1.29 is 42.6 Å². The quantitative estimate of drug-likeness (QED) is 0.0788. The van der Waals surface area contributed by atoms with Crippen molar-refractivity contribution in [3.63, 3.8) is 0 Å². The lowest BCUT2D eigenvalue weighted by Gasteiger charge is -2.37. The first-order valence-electron chi connectivity index (χ1n) is 38.1. The van der Waals surface area contributed by atoms with Crippen LogP contribution in [0.2, 0.25) is 0 Å². The van der Waals surface area contributed by atoms with E-state index in [0.717, 1.165) is 151 Å². The van der Waals surface area contributed by atoms with E-state index >= 15 is 0 Å².